The molecule has 1 aliphatic heterocycles. The molecule has 200 valence electrons. The maximum atomic E-state index is 13.3. The fourth-order valence-corrected chi connectivity index (χ4v) is 4.48. The number of aromatic amines is 2. The maximum absolute atomic E-state index is 13.3. The van der Waals surface area contributed by atoms with E-state index in [1.807, 2.05) is 30.3 Å². The number of alkyl halides is 6. The smallest absolute Gasteiger partial charge is 0.376 e. The van der Waals surface area contributed by atoms with Crippen LogP contribution in [-0.4, -0.2) is 52.9 Å². The third-order valence-electron chi connectivity index (χ3n) is 6.17. The van der Waals surface area contributed by atoms with Crippen LogP contribution < -0.4 is 11.0 Å². The number of hydrogen-bond donors (Lipinski definition) is 3. The molecule has 2 atom stereocenters. The highest BCUT2D eigenvalue weighted by Crippen LogP contribution is 2.37. The number of halogens is 6. The summed E-state index contributed by atoms with van der Waals surface area (Å²) in [7, 11) is 0. The van der Waals surface area contributed by atoms with E-state index >= 15 is 0 Å². The van der Waals surface area contributed by atoms with Crippen molar-refractivity contribution in [3.63, 3.8) is 0 Å². The molecule has 0 bridgehead atoms. The van der Waals surface area contributed by atoms with Crippen LogP contribution >= 0.6 is 0 Å². The van der Waals surface area contributed by atoms with Crippen molar-refractivity contribution in [2.45, 2.75) is 30.9 Å². The van der Waals surface area contributed by atoms with E-state index in [9.17, 15) is 31.1 Å². The van der Waals surface area contributed by atoms with Gasteiger partial charge >= 0.3 is 18.0 Å². The fraction of sp³-hybridized carbons (Fsp3) is 0.417. The molecule has 1 fully saturated rings. The lowest BCUT2D eigenvalue weighted by atomic mass is 9.90. The lowest BCUT2D eigenvalue weighted by Crippen LogP contribution is -2.47. The second-order valence-corrected chi connectivity index (χ2v) is 8.74. The molecular formula is C24H25F6N5O2. The number of benzene rings is 2. The second kappa shape index (κ2) is 11.1. The lowest BCUT2D eigenvalue weighted by Gasteiger charge is -2.38. The van der Waals surface area contributed by atoms with Gasteiger partial charge in [0.2, 0.25) is 0 Å². The van der Waals surface area contributed by atoms with Crippen LogP contribution in [0, 0.1) is 0 Å². The molecule has 0 spiro atoms. The van der Waals surface area contributed by atoms with Crippen LogP contribution in [0.2, 0.25) is 0 Å². The van der Waals surface area contributed by atoms with Gasteiger partial charge < -0.3 is 10.1 Å². The highest BCUT2D eigenvalue weighted by molar-refractivity contribution is 5.33. The van der Waals surface area contributed by atoms with Crippen molar-refractivity contribution in [3.8, 4) is 0 Å². The molecule has 0 saturated carbocycles. The normalized spacial score (nSPS) is 17.0. The van der Waals surface area contributed by atoms with Crippen LogP contribution in [0.25, 0.3) is 0 Å². The van der Waals surface area contributed by atoms with Gasteiger partial charge in [0.25, 0.3) is 0 Å². The number of ether oxygens (including phenoxy) is 1. The van der Waals surface area contributed by atoms with E-state index in [0.717, 1.165) is 5.56 Å². The summed E-state index contributed by atoms with van der Waals surface area (Å²) < 4.78 is 85.3. The molecule has 3 N–H and O–H groups in total. The summed E-state index contributed by atoms with van der Waals surface area (Å²) in [5.74, 6) is -0.0751. The average Bonchev–Trinajstić information content (AvgIpc) is 3.29. The fourth-order valence-electron chi connectivity index (χ4n) is 4.48. The van der Waals surface area contributed by atoms with Crippen molar-refractivity contribution in [2.24, 2.45) is 0 Å². The molecule has 0 amide bonds. The van der Waals surface area contributed by atoms with Gasteiger partial charge in [0.05, 0.1) is 30.4 Å². The van der Waals surface area contributed by atoms with Crippen molar-refractivity contribution in [1.82, 2.24) is 25.4 Å². The van der Waals surface area contributed by atoms with Crippen molar-refractivity contribution in [3.05, 3.63) is 87.1 Å². The van der Waals surface area contributed by atoms with Crippen LogP contribution in [-0.2, 0) is 23.7 Å². The average molecular weight is 529 g/mol. The van der Waals surface area contributed by atoms with E-state index in [1.165, 1.54) is 0 Å². The number of rotatable bonds is 8. The molecule has 2 heterocycles. The standard InChI is InChI=1S/C24H25F6N5O2/c25-23(26,27)17-10-15(11-18(12-17)24(28,29)30)13-37-14-19(16-4-2-1-3-5-16)20(21-32-22(36)34-33-21)35-8-6-31-7-9-35/h1-5,10-12,19-20,31H,6-9,13-14H2,(H2,32,33,34,36). The highest BCUT2D eigenvalue weighted by Gasteiger charge is 2.37. The minimum absolute atomic E-state index is 0.0505. The Bertz CT molecular complexity index is 1190. The summed E-state index contributed by atoms with van der Waals surface area (Å²) in [6.45, 7) is 2.12. The van der Waals surface area contributed by atoms with E-state index in [-0.39, 0.29) is 18.2 Å². The van der Waals surface area contributed by atoms with E-state index in [1.54, 1.807) is 0 Å². The number of piperazine rings is 1. The van der Waals surface area contributed by atoms with E-state index in [4.69, 9.17) is 4.74 Å². The van der Waals surface area contributed by atoms with Gasteiger partial charge in [-0.25, -0.2) is 9.89 Å². The van der Waals surface area contributed by atoms with Gasteiger partial charge in [-0.05, 0) is 29.3 Å². The molecule has 7 nitrogen and oxygen atoms in total. The molecule has 2 unspecified atom stereocenters. The first kappa shape index (κ1) is 26.9. The van der Waals surface area contributed by atoms with Gasteiger partial charge in [-0.15, -0.1) is 0 Å². The van der Waals surface area contributed by atoms with Gasteiger partial charge in [-0.2, -0.15) is 31.4 Å². The summed E-state index contributed by atoms with van der Waals surface area (Å²) in [4.78, 5) is 16.6. The molecule has 37 heavy (non-hydrogen) atoms. The van der Waals surface area contributed by atoms with Gasteiger partial charge in [-0.1, -0.05) is 30.3 Å². The minimum Gasteiger partial charge on any atom is -0.376 e. The molecule has 2 aromatic carbocycles. The second-order valence-electron chi connectivity index (χ2n) is 8.74. The van der Waals surface area contributed by atoms with E-state index < -0.39 is 47.7 Å². The van der Waals surface area contributed by atoms with Crippen molar-refractivity contribution < 1.29 is 31.1 Å². The number of hydrogen-bond acceptors (Lipinski definition) is 5. The predicted molar refractivity (Wildman–Crippen MR) is 122 cm³/mol. The van der Waals surface area contributed by atoms with Crippen LogP contribution in [0.4, 0.5) is 26.3 Å². The molecule has 0 radical (unpaired) electrons. The number of H-pyrrole nitrogens is 2. The Labute approximate surface area is 207 Å². The Morgan fingerprint density at radius 2 is 1.57 bits per heavy atom. The number of nitrogens with one attached hydrogen (secondary N) is 3. The summed E-state index contributed by atoms with van der Waals surface area (Å²) in [5.41, 5.74) is -2.72. The number of nitrogens with zero attached hydrogens (tertiary/aromatic N) is 2. The largest absolute Gasteiger partial charge is 0.416 e. The first-order chi connectivity index (χ1) is 17.5. The zero-order chi connectivity index (χ0) is 26.6. The lowest BCUT2D eigenvalue weighted by molar-refractivity contribution is -0.143. The van der Waals surface area contributed by atoms with Crippen LogP contribution in [0.15, 0.2) is 53.3 Å². The van der Waals surface area contributed by atoms with Crippen LogP contribution in [0.5, 0.6) is 0 Å². The van der Waals surface area contributed by atoms with Gasteiger partial charge in [0.1, 0.15) is 5.82 Å². The summed E-state index contributed by atoms with van der Waals surface area (Å²) in [6.07, 6.45) is -9.89. The third-order valence-corrected chi connectivity index (χ3v) is 6.17. The van der Waals surface area contributed by atoms with Gasteiger partial charge in [0.15, 0.2) is 0 Å². The summed E-state index contributed by atoms with van der Waals surface area (Å²) >= 11 is 0. The molecule has 1 aliphatic rings. The zero-order valence-corrected chi connectivity index (χ0v) is 19.5. The first-order valence-corrected chi connectivity index (χ1v) is 11.5. The van der Waals surface area contributed by atoms with Crippen LogP contribution in [0.3, 0.4) is 0 Å². The quantitative estimate of drug-likeness (QED) is 0.383. The first-order valence-electron chi connectivity index (χ1n) is 11.5. The Balaban J connectivity index is 1.63. The Kier molecular flexibility index (Phi) is 8.05. The molecular weight excluding hydrogens is 504 g/mol. The predicted octanol–water partition coefficient (Wildman–Crippen LogP) is 4.08. The monoisotopic (exact) mass is 529 g/mol. The number of aromatic nitrogens is 3. The van der Waals surface area contributed by atoms with Crippen molar-refractivity contribution >= 4 is 0 Å². The minimum atomic E-state index is -4.94. The third kappa shape index (κ3) is 6.79. The van der Waals surface area contributed by atoms with Crippen molar-refractivity contribution in [2.75, 3.05) is 32.8 Å². The van der Waals surface area contributed by atoms with E-state index in [0.29, 0.717) is 44.1 Å². The highest BCUT2D eigenvalue weighted by atomic mass is 19.4. The van der Waals surface area contributed by atoms with Crippen molar-refractivity contribution in [1.29, 1.82) is 0 Å². The summed E-state index contributed by atoms with van der Waals surface area (Å²) in [6, 6.07) is 10.1. The molecule has 0 aliphatic carbocycles. The molecule has 1 saturated heterocycles. The summed E-state index contributed by atoms with van der Waals surface area (Å²) in [5, 5.41) is 9.73. The van der Waals surface area contributed by atoms with Crippen LogP contribution in [0.1, 0.15) is 40.0 Å². The Hall–Kier alpha value is -3.16. The molecule has 1 aromatic heterocycles. The zero-order valence-electron chi connectivity index (χ0n) is 19.5. The SMILES string of the molecule is O=c1[nH]nc(C(C(COCc2cc(C(F)(F)F)cc(C(F)(F)F)c2)c2ccccc2)N2CCNCC2)[nH]1. The van der Waals surface area contributed by atoms with E-state index in [2.05, 4.69) is 25.4 Å². The maximum Gasteiger partial charge on any atom is 0.416 e. The topological polar surface area (TPSA) is 86.0 Å². The molecule has 13 heteroatoms. The molecule has 3 aromatic rings. The van der Waals surface area contributed by atoms with Gasteiger partial charge in [0, 0.05) is 32.1 Å². The van der Waals surface area contributed by atoms with Gasteiger partial charge in [-0.3, -0.25) is 9.88 Å². The Morgan fingerprint density at radius 1 is 0.946 bits per heavy atom. The molecule has 4 rings (SSSR count). The Morgan fingerprint density at radius 3 is 2.11 bits per heavy atom.